The van der Waals surface area contributed by atoms with Crippen molar-refractivity contribution >= 4 is 5.91 Å². The number of nitrogens with one attached hydrogen (secondary N) is 1. The van der Waals surface area contributed by atoms with Crippen LogP contribution in [-0.2, 0) is 27.3 Å². The molecule has 0 bridgehead atoms. The summed E-state index contributed by atoms with van der Waals surface area (Å²) < 4.78 is 21.8. The minimum Gasteiger partial charge on any atom is -0.379 e. The molecular weight excluding hydrogens is 326 g/mol. The lowest BCUT2D eigenvalue weighted by Gasteiger charge is -2.32. The minimum absolute atomic E-state index is 0.122. The number of aryl methyl sites for hydroxylation is 3. The molecule has 3 rings (SSSR count). The van der Waals surface area contributed by atoms with Gasteiger partial charge < -0.3 is 23.8 Å². The van der Waals surface area contributed by atoms with E-state index in [1.807, 2.05) is 20.8 Å². The third kappa shape index (κ3) is 4.46. The van der Waals surface area contributed by atoms with E-state index in [0.29, 0.717) is 25.6 Å². The molecule has 1 N–H and O–H groups in total. The maximum Gasteiger partial charge on any atom is 0.228 e. The van der Waals surface area contributed by atoms with Crippen LogP contribution in [0, 0.1) is 20.8 Å². The van der Waals surface area contributed by atoms with Crippen LogP contribution in [0.2, 0.25) is 0 Å². The van der Waals surface area contributed by atoms with E-state index in [-0.39, 0.29) is 24.5 Å². The van der Waals surface area contributed by atoms with Gasteiger partial charge in [-0.15, -0.1) is 0 Å². The van der Waals surface area contributed by atoms with Crippen molar-refractivity contribution < 1.29 is 23.3 Å². The molecule has 0 aromatic carbocycles. The smallest absolute Gasteiger partial charge is 0.228 e. The van der Waals surface area contributed by atoms with Crippen LogP contribution in [0.1, 0.15) is 34.9 Å². The summed E-state index contributed by atoms with van der Waals surface area (Å²) in [6.07, 6.45) is 0.742. The molecule has 0 aliphatic carbocycles. The molecule has 3 heterocycles. The Morgan fingerprint density at radius 2 is 2.16 bits per heavy atom. The van der Waals surface area contributed by atoms with Crippen molar-refractivity contribution in [2.75, 3.05) is 13.2 Å². The van der Waals surface area contributed by atoms with Crippen molar-refractivity contribution in [3.8, 4) is 0 Å². The zero-order valence-corrected chi connectivity index (χ0v) is 14.7. The van der Waals surface area contributed by atoms with Crippen molar-refractivity contribution in [1.82, 2.24) is 15.6 Å². The first-order valence-electron chi connectivity index (χ1n) is 8.35. The summed E-state index contributed by atoms with van der Waals surface area (Å²) in [7, 11) is 0. The largest absolute Gasteiger partial charge is 0.379 e. The van der Waals surface area contributed by atoms with Crippen molar-refractivity contribution in [1.29, 1.82) is 0 Å². The number of amides is 1. The topological polar surface area (TPSA) is 99.6 Å². The van der Waals surface area contributed by atoms with Gasteiger partial charge in [-0.1, -0.05) is 10.3 Å². The van der Waals surface area contributed by atoms with Gasteiger partial charge in [-0.25, -0.2) is 0 Å². The van der Waals surface area contributed by atoms with Crippen molar-refractivity contribution in [3.05, 3.63) is 34.5 Å². The Kier molecular flexibility index (Phi) is 5.50. The average molecular weight is 349 g/mol. The van der Waals surface area contributed by atoms with Gasteiger partial charge in [0.1, 0.15) is 11.5 Å². The SMILES string of the molecule is Cc1cc(CC(=O)N[C@@H]2COCC[C@@H]2OCc2c(C)noc2C)on1. The summed E-state index contributed by atoms with van der Waals surface area (Å²) in [6, 6.07) is 1.55. The number of hydrogen-bond acceptors (Lipinski definition) is 7. The highest BCUT2D eigenvalue weighted by Gasteiger charge is 2.29. The fourth-order valence-corrected chi connectivity index (χ4v) is 2.87. The third-order valence-corrected chi connectivity index (χ3v) is 4.27. The summed E-state index contributed by atoms with van der Waals surface area (Å²) in [5, 5.41) is 10.7. The van der Waals surface area contributed by atoms with E-state index in [4.69, 9.17) is 18.5 Å². The molecule has 1 fully saturated rings. The lowest BCUT2D eigenvalue weighted by atomic mass is 10.1. The van der Waals surface area contributed by atoms with Gasteiger partial charge in [0, 0.05) is 18.2 Å². The molecule has 0 saturated carbocycles. The van der Waals surface area contributed by atoms with Crippen LogP contribution < -0.4 is 5.32 Å². The highest BCUT2D eigenvalue weighted by molar-refractivity contribution is 5.78. The number of ether oxygens (including phenoxy) is 2. The second-order valence-corrected chi connectivity index (χ2v) is 6.30. The van der Waals surface area contributed by atoms with E-state index >= 15 is 0 Å². The first-order chi connectivity index (χ1) is 12.0. The Bertz CT molecular complexity index is 704. The summed E-state index contributed by atoms with van der Waals surface area (Å²) in [5.41, 5.74) is 2.53. The Morgan fingerprint density at radius 3 is 2.84 bits per heavy atom. The maximum atomic E-state index is 12.2. The zero-order valence-electron chi connectivity index (χ0n) is 14.7. The normalized spacial score (nSPS) is 20.6. The van der Waals surface area contributed by atoms with Crippen LogP contribution in [0.4, 0.5) is 0 Å². The first kappa shape index (κ1) is 17.6. The fourth-order valence-electron chi connectivity index (χ4n) is 2.87. The van der Waals surface area contributed by atoms with Crippen LogP contribution >= 0.6 is 0 Å². The Hall–Kier alpha value is -2.19. The molecule has 8 nitrogen and oxygen atoms in total. The van der Waals surface area contributed by atoms with Gasteiger partial charge in [0.25, 0.3) is 0 Å². The number of carbonyl (C=O) groups excluding carboxylic acids is 1. The summed E-state index contributed by atoms with van der Waals surface area (Å²) in [5.74, 6) is 1.16. The van der Waals surface area contributed by atoms with E-state index < -0.39 is 0 Å². The summed E-state index contributed by atoms with van der Waals surface area (Å²) in [6.45, 7) is 7.00. The number of aromatic nitrogens is 2. The van der Waals surface area contributed by atoms with Crippen LogP contribution in [-0.4, -0.2) is 41.6 Å². The molecule has 136 valence electrons. The number of rotatable bonds is 6. The molecule has 1 aliphatic rings. The van der Waals surface area contributed by atoms with E-state index in [1.165, 1.54) is 0 Å². The minimum atomic E-state index is -0.203. The van der Waals surface area contributed by atoms with Crippen LogP contribution in [0.5, 0.6) is 0 Å². The van der Waals surface area contributed by atoms with Crippen LogP contribution in [0.3, 0.4) is 0 Å². The molecule has 8 heteroatoms. The van der Waals surface area contributed by atoms with Gasteiger partial charge in [-0.3, -0.25) is 4.79 Å². The summed E-state index contributed by atoms with van der Waals surface area (Å²) in [4.78, 5) is 12.2. The average Bonchev–Trinajstić information content (AvgIpc) is 3.12. The second-order valence-electron chi connectivity index (χ2n) is 6.30. The summed E-state index contributed by atoms with van der Waals surface area (Å²) >= 11 is 0. The predicted molar refractivity (Wildman–Crippen MR) is 86.9 cm³/mol. The van der Waals surface area contributed by atoms with Gasteiger partial charge in [-0.05, 0) is 27.2 Å². The fraction of sp³-hybridized carbons (Fsp3) is 0.588. The number of hydrogen-bond donors (Lipinski definition) is 1. The highest BCUT2D eigenvalue weighted by Crippen LogP contribution is 2.18. The number of nitrogens with zero attached hydrogens (tertiary/aromatic N) is 2. The molecule has 0 unspecified atom stereocenters. The van der Waals surface area contributed by atoms with Crippen LogP contribution in [0.15, 0.2) is 15.1 Å². The third-order valence-electron chi connectivity index (χ3n) is 4.27. The standard InChI is InChI=1S/C17H23N3O5/c1-10-6-13(25-19-10)7-17(21)18-15-9-22-5-4-16(15)23-8-14-11(2)20-24-12(14)3/h6,15-16H,4-5,7-9H2,1-3H3,(H,18,21)/t15-,16+/m1/s1. The monoisotopic (exact) mass is 349 g/mol. The van der Waals surface area contributed by atoms with Gasteiger partial charge in [-0.2, -0.15) is 0 Å². The molecule has 2 atom stereocenters. The van der Waals surface area contributed by atoms with Crippen molar-refractivity contribution in [3.63, 3.8) is 0 Å². The Labute approximate surface area is 145 Å². The van der Waals surface area contributed by atoms with E-state index in [2.05, 4.69) is 15.6 Å². The Morgan fingerprint density at radius 1 is 1.32 bits per heavy atom. The second kappa shape index (κ2) is 7.79. The van der Waals surface area contributed by atoms with E-state index in [1.54, 1.807) is 6.07 Å². The number of carbonyl (C=O) groups is 1. The zero-order chi connectivity index (χ0) is 17.8. The quantitative estimate of drug-likeness (QED) is 0.846. The lowest BCUT2D eigenvalue weighted by Crippen LogP contribution is -2.50. The molecule has 2 aromatic heterocycles. The lowest BCUT2D eigenvalue weighted by molar-refractivity contribution is -0.126. The van der Waals surface area contributed by atoms with Gasteiger partial charge in [0.05, 0.1) is 43.2 Å². The Balaban J connectivity index is 1.56. The van der Waals surface area contributed by atoms with Gasteiger partial charge in [0.2, 0.25) is 5.91 Å². The molecular formula is C17H23N3O5. The molecule has 2 aromatic rings. The van der Waals surface area contributed by atoms with E-state index in [0.717, 1.165) is 29.1 Å². The maximum absolute atomic E-state index is 12.2. The molecule has 25 heavy (non-hydrogen) atoms. The van der Waals surface area contributed by atoms with Gasteiger partial charge >= 0.3 is 0 Å². The predicted octanol–water partition coefficient (Wildman–Crippen LogP) is 1.62. The molecule has 1 saturated heterocycles. The van der Waals surface area contributed by atoms with E-state index in [9.17, 15) is 4.79 Å². The van der Waals surface area contributed by atoms with Crippen molar-refractivity contribution in [2.45, 2.75) is 52.4 Å². The molecule has 0 radical (unpaired) electrons. The van der Waals surface area contributed by atoms with Gasteiger partial charge in [0.15, 0.2) is 0 Å². The molecule has 1 amide bonds. The molecule has 0 spiro atoms. The highest BCUT2D eigenvalue weighted by atomic mass is 16.5. The van der Waals surface area contributed by atoms with Crippen LogP contribution in [0.25, 0.3) is 0 Å². The van der Waals surface area contributed by atoms with Crippen molar-refractivity contribution in [2.24, 2.45) is 0 Å². The molecule has 1 aliphatic heterocycles. The first-order valence-corrected chi connectivity index (χ1v) is 8.35.